The van der Waals surface area contributed by atoms with Gasteiger partial charge in [0.05, 0.1) is 11.6 Å². The lowest BCUT2D eigenvalue weighted by Gasteiger charge is -2.29. The summed E-state index contributed by atoms with van der Waals surface area (Å²) < 4.78 is 0. The molecule has 2 atom stereocenters. The molecule has 0 aliphatic carbocycles. The van der Waals surface area contributed by atoms with Gasteiger partial charge in [0.15, 0.2) is 11.4 Å². The number of amides is 1. The zero-order valence-corrected chi connectivity index (χ0v) is 14.1. The number of rotatable bonds is 4. The monoisotopic (exact) mass is 323 g/mol. The van der Waals surface area contributed by atoms with Gasteiger partial charge in [-0.15, -0.1) is 0 Å². The predicted octanol–water partition coefficient (Wildman–Crippen LogP) is 3.15. The molecular weight excluding hydrogens is 302 g/mol. The number of carbonyl (C=O) groups is 2. The average molecular weight is 323 g/mol. The first kappa shape index (κ1) is 16.4. The lowest BCUT2D eigenvalue weighted by molar-refractivity contribution is -0.140. The van der Waals surface area contributed by atoms with Crippen molar-refractivity contribution in [3.63, 3.8) is 0 Å². The van der Waals surface area contributed by atoms with Crippen molar-refractivity contribution in [2.45, 2.75) is 32.4 Å². The van der Waals surface area contributed by atoms with Crippen LogP contribution in [0.3, 0.4) is 0 Å². The Hall–Kier alpha value is -2.46. The largest absolute Gasteiger partial charge is 0.375 e. The summed E-state index contributed by atoms with van der Waals surface area (Å²) in [6, 6.07) is 15.8. The lowest BCUT2D eigenvalue weighted by atomic mass is 9.79. The molecule has 1 heterocycles. The number of anilines is 1. The summed E-state index contributed by atoms with van der Waals surface area (Å²) >= 11 is 0. The number of hydrogen-bond donors (Lipinski definition) is 1. The number of para-hydroxylation sites is 1. The highest BCUT2D eigenvalue weighted by Crippen LogP contribution is 2.46. The molecule has 1 N–H and O–H groups in total. The fourth-order valence-electron chi connectivity index (χ4n) is 3.39. The molecule has 0 saturated heterocycles. The molecule has 124 valence electrons. The first-order valence-corrected chi connectivity index (χ1v) is 8.13. The second-order valence-corrected chi connectivity index (χ2v) is 6.50. The van der Waals surface area contributed by atoms with Crippen LogP contribution in [-0.4, -0.2) is 22.8 Å². The SMILES string of the molecule is CC(C)N1C(=O)[C@](O)([C@@H](C)C(=O)c2ccccc2)c2ccccc21. The fraction of sp³-hybridized carbons (Fsp3) is 0.300. The molecule has 0 unspecified atom stereocenters. The molecule has 0 fully saturated rings. The minimum Gasteiger partial charge on any atom is -0.375 e. The zero-order valence-electron chi connectivity index (χ0n) is 14.1. The number of fused-ring (bicyclic) bond motifs is 1. The third kappa shape index (κ3) is 2.26. The average Bonchev–Trinajstić information content (AvgIpc) is 2.83. The van der Waals surface area contributed by atoms with Crippen LogP contribution >= 0.6 is 0 Å². The van der Waals surface area contributed by atoms with Crippen molar-refractivity contribution < 1.29 is 14.7 Å². The van der Waals surface area contributed by atoms with Crippen LogP contribution in [0.2, 0.25) is 0 Å². The maximum Gasteiger partial charge on any atom is 0.264 e. The van der Waals surface area contributed by atoms with Crippen molar-refractivity contribution in [3.8, 4) is 0 Å². The Bertz CT molecular complexity index is 784. The summed E-state index contributed by atoms with van der Waals surface area (Å²) in [5, 5.41) is 11.3. The van der Waals surface area contributed by atoms with E-state index < -0.39 is 17.4 Å². The molecule has 3 rings (SSSR count). The Kier molecular flexibility index (Phi) is 4.01. The van der Waals surface area contributed by atoms with E-state index in [2.05, 4.69) is 0 Å². The van der Waals surface area contributed by atoms with Gasteiger partial charge < -0.3 is 10.0 Å². The van der Waals surface area contributed by atoms with E-state index in [4.69, 9.17) is 0 Å². The van der Waals surface area contributed by atoms with Crippen LogP contribution in [0.5, 0.6) is 0 Å². The first-order chi connectivity index (χ1) is 11.4. The third-order valence-electron chi connectivity index (χ3n) is 4.71. The third-order valence-corrected chi connectivity index (χ3v) is 4.71. The van der Waals surface area contributed by atoms with Crippen molar-refractivity contribution in [1.29, 1.82) is 0 Å². The number of hydrogen-bond acceptors (Lipinski definition) is 3. The number of nitrogens with zero attached hydrogens (tertiary/aromatic N) is 1. The van der Waals surface area contributed by atoms with Crippen molar-refractivity contribution in [2.24, 2.45) is 5.92 Å². The van der Waals surface area contributed by atoms with Crippen LogP contribution in [0, 0.1) is 5.92 Å². The van der Waals surface area contributed by atoms with Crippen molar-refractivity contribution >= 4 is 17.4 Å². The topological polar surface area (TPSA) is 57.6 Å². The maximum absolute atomic E-state index is 13.0. The normalized spacial score (nSPS) is 21.0. The summed E-state index contributed by atoms with van der Waals surface area (Å²) in [5.41, 5.74) is -0.173. The highest BCUT2D eigenvalue weighted by molar-refractivity contribution is 6.11. The molecular formula is C20H21NO3. The summed E-state index contributed by atoms with van der Waals surface area (Å²) in [4.78, 5) is 27.4. The van der Waals surface area contributed by atoms with Gasteiger partial charge in [0.1, 0.15) is 0 Å². The van der Waals surface area contributed by atoms with Gasteiger partial charge in [-0.3, -0.25) is 9.59 Å². The number of benzene rings is 2. The Balaban J connectivity index is 2.09. The minimum atomic E-state index is -1.84. The summed E-state index contributed by atoms with van der Waals surface area (Å²) in [6.45, 7) is 5.40. The van der Waals surface area contributed by atoms with Gasteiger partial charge in [-0.1, -0.05) is 55.5 Å². The second kappa shape index (κ2) is 5.87. The molecule has 1 aliphatic heterocycles. The zero-order chi connectivity index (χ0) is 17.5. The molecule has 0 aromatic heterocycles. The molecule has 2 aromatic carbocycles. The molecule has 1 aliphatic rings. The van der Waals surface area contributed by atoms with Crippen LogP contribution in [0.4, 0.5) is 5.69 Å². The van der Waals surface area contributed by atoms with Crippen molar-refractivity contribution in [3.05, 3.63) is 65.7 Å². The Morgan fingerprint density at radius 1 is 1.00 bits per heavy atom. The van der Waals surface area contributed by atoms with Gasteiger partial charge >= 0.3 is 0 Å². The second-order valence-electron chi connectivity index (χ2n) is 6.50. The van der Waals surface area contributed by atoms with E-state index in [0.29, 0.717) is 16.8 Å². The van der Waals surface area contributed by atoms with Gasteiger partial charge in [0.25, 0.3) is 5.91 Å². The van der Waals surface area contributed by atoms with Gasteiger partial charge in [-0.25, -0.2) is 0 Å². The standard InChI is InChI=1S/C20H21NO3/c1-13(2)21-17-12-8-7-11-16(17)20(24,19(21)23)14(3)18(22)15-9-5-4-6-10-15/h4-14,24H,1-3H3/t14-,20-/m0/s1. The van der Waals surface area contributed by atoms with E-state index in [-0.39, 0.29) is 11.8 Å². The summed E-state index contributed by atoms with van der Waals surface area (Å²) in [7, 11) is 0. The number of aliphatic hydroxyl groups is 1. The van der Waals surface area contributed by atoms with Gasteiger partial charge in [-0.2, -0.15) is 0 Å². The van der Waals surface area contributed by atoms with Gasteiger partial charge in [0.2, 0.25) is 0 Å². The molecule has 2 aromatic rings. The molecule has 4 nitrogen and oxygen atoms in total. The molecule has 24 heavy (non-hydrogen) atoms. The molecule has 0 radical (unpaired) electrons. The quantitative estimate of drug-likeness (QED) is 0.879. The van der Waals surface area contributed by atoms with Crippen LogP contribution in [0.15, 0.2) is 54.6 Å². The van der Waals surface area contributed by atoms with Gasteiger partial charge in [-0.05, 0) is 19.9 Å². The fourth-order valence-corrected chi connectivity index (χ4v) is 3.39. The first-order valence-electron chi connectivity index (χ1n) is 8.13. The van der Waals surface area contributed by atoms with Crippen molar-refractivity contribution in [2.75, 3.05) is 4.90 Å². The Morgan fingerprint density at radius 2 is 1.58 bits per heavy atom. The van der Waals surface area contributed by atoms with Crippen LogP contribution < -0.4 is 4.90 Å². The Morgan fingerprint density at radius 3 is 2.21 bits per heavy atom. The van der Waals surface area contributed by atoms with E-state index in [1.807, 2.05) is 32.0 Å². The molecule has 4 heteroatoms. The number of Topliss-reactive ketones (excluding diaryl/α,β-unsaturated/α-hetero) is 1. The smallest absolute Gasteiger partial charge is 0.264 e. The van der Waals surface area contributed by atoms with E-state index >= 15 is 0 Å². The van der Waals surface area contributed by atoms with Crippen LogP contribution in [-0.2, 0) is 10.4 Å². The van der Waals surface area contributed by atoms with E-state index in [1.54, 1.807) is 48.2 Å². The predicted molar refractivity (Wildman–Crippen MR) is 92.9 cm³/mol. The van der Waals surface area contributed by atoms with Crippen molar-refractivity contribution in [1.82, 2.24) is 0 Å². The number of ketones is 1. The molecule has 0 spiro atoms. The van der Waals surface area contributed by atoms with Crippen LogP contribution in [0.1, 0.15) is 36.7 Å². The van der Waals surface area contributed by atoms with E-state index in [1.165, 1.54) is 0 Å². The Labute approximate surface area is 141 Å². The summed E-state index contributed by atoms with van der Waals surface area (Å²) in [5.74, 6) is -1.56. The molecule has 1 amide bonds. The number of carbonyl (C=O) groups excluding carboxylic acids is 2. The highest BCUT2D eigenvalue weighted by Gasteiger charge is 2.55. The lowest BCUT2D eigenvalue weighted by Crippen LogP contribution is -2.49. The maximum atomic E-state index is 13.0. The molecule has 0 saturated carbocycles. The minimum absolute atomic E-state index is 0.105. The van der Waals surface area contributed by atoms with E-state index in [9.17, 15) is 14.7 Å². The van der Waals surface area contributed by atoms with E-state index in [0.717, 1.165) is 0 Å². The highest BCUT2D eigenvalue weighted by atomic mass is 16.3. The summed E-state index contributed by atoms with van der Waals surface area (Å²) in [6.07, 6.45) is 0. The van der Waals surface area contributed by atoms with Gasteiger partial charge in [0, 0.05) is 17.2 Å². The molecule has 0 bridgehead atoms. The van der Waals surface area contributed by atoms with Crippen LogP contribution in [0.25, 0.3) is 0 Å².